The number of aliphatic hydroxyl groups excluding tert-OH is 1. The Bertz CT molecular complexity index is 1490. The second-order valence-electron chi connectivity index (χ2n) is 16.3. The van der Waals surface area contributed by atoms with E-state index in [1.807, 2.05) is 43.3 Å². The summed E-state index contributed by atoms with van der Waals surface area (Å²) in [5.74, 6) is 0.224. The van der Waals surface area contributed by atoms with Gasteiger partial charge in [-0.25, -0.2) is 4.79 Å². The van der Waals surface area contributed by atoms with E-state index in [9.17, 15) is 19.5 Å². The number of methoxy groups -OCH3 is 1. The van der Waals surface area contributed by atoms with Gasteiger partial charge in [-0.1, -0.05) is 89.6 Å². The number of rotatable bonds is 6. The summed E-state index contributed by atoms with van der Waals surface area (Å²) in [6.45, 7) is 13.6. The maximum absolute atomic E-state index is 13.6. The molecule has 0 unspecified atom stereocenters. The van der Waals surface area contributed by atoms with Crippen LogP contribution in [0, 0.1) is 56.7 Å². The van der Waals surface area contributed by atoms with Crippen molar-refractivity contribution in [3.8, 4) is 0 Å². The summed E-state index contributed by atoms with van der Waals surface area (Å²) in [6, 6.07) is 9.60. The summed E-state index contributed by atoms with van der Waals surface area (Å²) in [6.07, 6.45) is 12.7. The summed E-state index contributed by atoms with van der Waals surface area (Å²) in [4.78, 5) is 39.3. The van der Waals surface area contributed by atoms with Crippen LogP contribution >= 0.6 is 0 Å². The van der Waals surface area contributed by atoms with Gasteiger partial charge in [0.15, 0.2) is 0 Å². The zero-order chi connectivity index (χ0) is 33.3. The first-order valence-corrected chi connectivity index (χ1v) is 17.3. The van der Waals surface area contributed by atoms with Gasteiger partial charge in [-0.3, -0.25) is 9.59 Å². The monoisotopic (exact) mass is 628 g/mol. The summed E-state index contributed by atoms with van der Waals surface area (Å²) in [5, 5.41) is 12.2. The van der Waals surface area contributed by atoms with Crippen molar-refractivity contribution < 1.29 is 29.0 Å². The number of allylic oxidation sites excluding steroid dienone is 3. The van der Waals surface area contributed by atoms with Crippen molar-refractivity contribution in [3.63, 3.8) is 0 Å². The lowest BCUT2D eigenvalue weighted by molar-refractivity contribution is -0.197. The average Bonchev–Trinajstić information content (AvgIpc) is 3.28. The molecule has 248 valence electrons. The smallest absolute Gasteiger partial charge is 0.330 e. The van der Waals surface area contributed by atoms with Crippen LogP contribution in [0.2, 0.25) is 0 Å². The molecular weight excluding hydrogens is 576 g/mol. The fraction of sp³-hybridized carbons (Fsp3) is 0.625. The van der Waals surface area contributed by atoms with Gasteiger partial charge in [0.05, 0.1) is 18.6 Å². The van der Waals surface area contributed by atoms with E-state index in [0.717, 1.165) is 44.0 Å². The molecule has 1 N–H and O–H groups in total. The van der Waals surface area contributed by atoms with Gasteiger partial charge in [0, 0.05) is 22.8 Å². The Labute approximate surface area is 274 Å². The number of benzene rings is 1. The number of fused-ring (bicyclic) bond motifs is 7. The standard InChI is InChI=1S/C40H52O6/c1-25-17-18-40(35(44)45-7)20-19-37(4)29(33(40)26(25)2)14-15-31-38(37,5)22-30(42)34-36(3,21-28(23-41)39(31,34)6)24-46-32(43)16-13-27-11-9-8-10-12-27/h8-14,16,21,23,25-26,30-31,33-34,42H,15,17-20,22,24H2,1-7H3/b16-13+/t25-,26+,30-,31+,33-,34+,36+,37-,38-,39-,40+/m1/s1. The van der Waals surface area contributed by atoms with Crippen LogP contribution in [0.1, 0.15) is 85.6 Å². The molecule has 0 saturated heterocycles. The average molecular weight is 629 g/mol. The number of aliphatic hydroxyl groups is 1. The van der Waals surface area contributed by atoms with E-state index in [1.165, 1.54) is 18.8 Å². The highest BCUT2D eigenvalue weighted by atomic mass is 16.5. The minimum Gasteiger partial charge on any atom is -0.469 e. The molecule has 0 aliphatic heterocycles. The Balaban J connectivity index is 1.34. The number of hydrogen-bond acceptors (Lipinski definition) is 6. The van der Waals surface area contributed by atoms with Gasteiger partial charge in [0.25, 0.3) is 0 Å². The molecule has 3 fully saturated rings. The van der Waals surface area contributed by atoms with Crippen molar-refractivity contribution in [1.29, 1.82) is 0 Å². The first-order chi connectivity index (χ1) is 21.7. The van der Waals surface area contributed by atoms with E-state index >= 15 is 0 Å². The molecule has 46 heavy (non-hydrogen) atoms. The predicted molar refractivity (Wildman–Crippen MR) is 178 cm³/mol. The minimum absolute atomic E-state index is 0.0759. The van der Waals surface area contributed by atoms with Crippen LogP contribution in [-0.2, 0) is 23.9 Å². The number of esters is 2. The molecule has 0 aromatic heterocycles. The third-order valence-electron chi connectivity index (χ3n) is 14.4. The lowest BCUT2D eigenvalue weighted by Crippen LogP contribution is -2.66. The molecule has 0 bridgehead atoms. The summed E-state index contributed by atoms with van der Waals surface area (Å²) in [7, 11) is 1.52. The van der Waals surface area contributed by atoms with Gasteiger partial charge < -0.3 is 14.6 Å². The van der Waals surface area contributed by atoms with Crippen molar-refractivity contribution in [2.24, 2.45) is 56.7 Å². The van der Waals surface area contributed by atoms with Crippen LogP contribution in [0.25, 0.3) is 6.08 Å². The van der Waals surface area contributed by atoms with E-state index in [-0.39, 0.29) is 41.2 Å². The van der Waals surface area contributed by atoms with Crippen molar-refractivity contribution in [2.75, 3.05) is 13.7 Å². The van der Waals surface area contributed by atoms with Crippen molar-refractivity contribution in [2.45, 2.75) is 86.2 Å². The van der Waals surface area contributed by atoms with Crippen molar-refractivity contribution in [1.82, 2.24) is 0 Å². The molecule has 6 rings (SSSR count). The number of ether oxygens (including phenoxy) is 2. The number of aldehydes is 1. The van der Waals surface area contributed by atoms with Crippen LogP contribution in [0.5, 0.6) is 0 Å². The highest BCUT2D eigenvalue weighted by Crippen LogP contribution is 2.76. The highest BCUT2D eigenvalue weighted by Gasteiger charge is 2.72. The lowest BCUT2D eigenvalue weighted by Gasteiger charge is -2.69. The lowest BCUT2D eigenvalue weighted by atomic mass is 9.34. The molecule has 0 amide bonds. The molecule has 0 spiro atoms. The van der Waals surface area contributed by atoms with Crippen molar-refractivity contribution in [3.05, 3.63) is 65.3 Å². The SMILES string of the molecule is COC(=O)[C@]12CC[C@@H](C)[C@H](C)[C@@H]1C1=CC[C@@H]3[C@@]4(C)C(C=O)=C[C@@](C)(COC(=O)/C=C/c5ccccc5)[C@@H]4[C@H](O)C[C@@]3(C)[C@]1(C)CC2. The minimum atomic E-state index is -0.702. The number of carbonyl (C=O) groups excluding carboxylic acids is 3. The fourth-order valence-corrected chi connectivity index (χ4v) is 11.8. The second-order valence-corrected chi connectivity index (χ2v) is 16.3. The maximum atomic E-state index is 13.6. The Hall–Kier alpha value is -2.99. The molecule has 3 saturated carbocycles. The normalized spacial score (nSPS) is 44.5. The Kier molecular flexibility index (Phi) is 8.10. The molecule has 5 aliphatic rings. The van der Waals surface area contributed by atoms with Gasteiger partial charge in [-0.05, 0) is 90.2 Å². The van der Waals surface area contributed by atoms with Gasteiger partial charge >= 0.3 is 11.9 Å². The van der Waals surface area contributed by atoms with Gasteiger partial charge in [0.1, 0.15) is 12.9 Å². The Morgan fingerprint density at radius 2 is 1.76 bits per heavy atom. The van der Waals surface area contributed by atoms with Gasteiger partial charge in [-0.2, -0.15) is 0 Å². The van der Waals surface area contributed by atoms with E-state index in [4.69, 9.17) is 9.47 Å². The fourth-order valence-electron chi connectivity index (χ4n) is 11.8. The largest absolute Gasteiger partial charge is 0.469 e. The van der Waals surface area contributed by atoms with Crippen LogP contribution in [0.3, 0.4) is 0 Å². The molecule has 1 aromatic rings. The molecule has 6 heteroatoms. The van der Waals surface area contributed by atoms with E-state index in [2.05, 4.69) is 40.7 Å². The molecule has 5 aliphatic carbocycles. The summed E-state index contributed by atoms with van der Waals surface area (Å²) < 4.78 is 11.3. The highest BCUT2D eigenvalue weighted by molar-refractivity contribution is 5.87. The third-order valence-corrected chi connectivity index (χ3v) is 14.4. The van der Waals surface area contributed by atoms with Crippen molar-refractivity contribution >= 4 is 24.3 Å². The maximum Gasteiger partial charge on any atom is 0.330 e. The molecule has 0 radical (unpaired) electrons. The van der Waals surface area contributed by atoms with E-state index in [0.29, 0.717) is 23.8 Å². The van der Waals surface area contributed by atoms with Crippen LogP contribution in [0.15, 0.2) is 59.7 Å². The van der Waals surface area contributed by atoms with E-state index < -0.39 is 28.3 Å². The zero-order valence-electron chi connectivity index (χ0n) is 28.7. The van der Waals surface area contributed by atoms with Gasteiger partial charge in [0.2, 0.25) is 0 Å². The van der Waals surface area contributed by atoms with Gasteiger partial charge in [-0.15, -0.1) is 0 Å². The first kappa shape index (κ1) is 32.9. The third kappa shape index (κ3) is 4.48. The first-order valence-electron chi connectivity index (χ1n) is 17.3. The number of carbonyl (C=O) groups is 3. The number of hydrogen-bond donors (Lipinski definition) is 1. The molecular formula is C40H52O6. The predicted octanol–water partition coefficient (Wildman–Crippen LogP) is 7.37. The summed E-state index contributed by atoms with van der Waals surface area (Å²) >= 11 is 0. The van der Waals surface area contributed by atoms with E-state index in [1.54, 1.807) is 6.08 Å². The topological polar surface area (TPSA) is 89.9 Å². The molecule has 6 nitrogen and oxygen atoms in total. The Morgan fingerprint density at radius 3 is 2.43 bits per heavy atom. The van der Waals surface area contributed by atoms with Crippen LogP contribution in [-0.4, -0.2) is 43.2 Å². The summed E-state index contributed by atoms with van der Waals surface area (Å²) in [5.41, 5.74) is 0.597. The molecule has 1 aromatic carbocycles. The molecule has 0 heterocycles. The Morgan fingerprint density at radius 1 is 1.04 bits per heavy atom. The zero-order valence-corrected chi connectivity index (χ0v) is 28.7. The van der Waals surface area contributed by atoms with Crippen LogP contribution in [0.4, 0.5) is 0 Å². The second kappa shape index (κ2) is 11.3. The van der Waals surface area contributed by atoms with Crippen LogP contribution < -0.4 is 0 Å². The molecule has 11 atom stereocenters. The quantitative estimate of drug-likeness (QED) is 0.153.